The van der Waals surface area contributed by atoms with Crippen LogP contribution in [0.1, 0.15) is 51.4 Å². The fraction of sp³-hybridized carbons (Fsp3) is 0.571. The van der Waals surface area contributed by atoms with Gasteiger partial charge in [-0.1, -0.05) is 12.8 Å². The molecule has 34 heavy (non-hydrogen) atoms. The first-order valence-electron chi connectivity index (χ1n) is 13.4. The van der Waals surface area contributed by atoms with Crippen molar-refractivity contribution in [2.75, 3.05) is 36.4 Å². The fourth-order valence-electron chi connectivity index (χ4n) is 7.58. The predicted molar refractivity (Wildman–Crippen MR) is 138 cm³/mol. The summed E-state index contributed by atoms with van der Waals surface area (Å²) in [5.41, 5.74) is 3.67. The first-order valence-corrected chi connectivity index (χ1v) is 13.4. The average molecular weight is 457 g/mol. The van der Waals surface area contributed by atoms with Crippen molar-refractivity contribution in [2.24, 2.45) is 17.8 Å². The highest BCUT2D eigenvalue weighted by Crippen LogP contribution is 2.54. The molecule has 0 radical (unpaired) electrons. The summed E-state index contributed by atoms with van der Waals surface area (Å²) in [6, 6.07) is 10.9. The molecule has 2 unspecified atom stereocenters. The second kappa shape index (κ2) is 8.26. The third kappa shape index (κ3) is 3.67. The smallest absolute Gasteiger partial charge is 0.229 e. The van der Waals surface area contributed by atoms with Gasteiger partial charge in [0.1, 0.15) is 5.65 Å². The lowest BCUT2D eigenvalue weighted by molar-refractivity contribution is 0.0132. The number of anilines is 3. The van der Waals surface area contributed by atoms with Gasteiger partial charge in [-0.2, -0.15) is 4.98 Å². The summed E-state index contributed by atoms with van der Waals surface area (Å²) in [4.78, 5) is 12.2. The Balaban J connectivity index is 1.16. The number of hydrogen-bond acceptors (Lipinski definition) is 5. The number of rotatable bonds is 4. The molecule has 2 aromatic heterocycles. The highest BCUT2D eigenvalue weighted by atomic mass is 15.2. The second-order valence-electron chi connectivity index (χ2n) is 11.4. The van der Waals surface area contributed by atoms with E-state index in [2.05, 4.69) is 61.6 Å². The third-order valence-electron chi connectivity index (χ3n) is 9.14. The van der Waals surface area contributed by atoms with Gasteiger partial charge in [0.05, 0.1) is 0 Å². The minimum Gasteiger partial charge on any atom is -0.369 e. The average Bonchev–Trinajstić information content (AvgIpc) is 3.27. The number of aromatic nitrogens is 3. The van der Waals surface area contributed by atoms with Crippen LogP contribution in [0.5, 0.6) is 0 Å². The molecule has 0 amide bonds. The van der Waals surface area contributed by atoms with Crippen LogP contribution < -0.4 is 15.5 Å². The molecule has 8 rings (SSSR count). The summed E-state index contributed by atoms with van der Waals surface area (Å²) in [5, 5.41) is 8.05. The van der Waals surface area contributed by atoms with E-state index in [0.717, 1.165) is 60.7 Å². The molecule has 178 valence electrons. The molecule has 3 heterocycles. The van der Waals surface area contributed by atoms with Crippen molar-refractivity contribution in [2.45, 2.75) is 56.9 Å². The van der Waals surface area contributed by atoms with Crippen molar-refractivity contribution in [3.8, 4) is 0 Å². The lowest BCUT2D eigenvalue weighted by atomic mass is 9.58. The lowest BCUT2D eigenvalue weighted by Crippen LogP contribution is -2.46. The van der Waals surface area contributed by atoms with Crippen LogP contribution in [0.4, 0.5) is 17.3 Å². The zero-order valence-corrected chi connectivity index (χ0v) is 20.0. The van der Waals surface area contributed by atoms with Crippen molar-refractivity contribution < 1.29 is 0 Å². The van der Waals surface area contributed by atoms with Gasteiger partial charge in [-0.25, -0.2) is 4.98 Å². The van der Waals surface area contributed by atoms with Crippen LogP contribution >= 0.6 is 0 Å². The maximum absolute atomic E-state index is 5.07. The maximum atomic E-state index is 5.07. The zero-order valence-electron chi connectivity index (χ0n) is 20.0. The summed E-state index contributed by atoms with van der Waals surface area (Å²) in [6.07, 6.45) is 15.5. The van der Waals surface area contributed by atoms with Crippen LogP contribution in [0.25, 0.3) is 11.0 Å². The van der Waals surface area contributed by atoms with E-state index in [0.29, 0.717) is 5.95 Å². The summed E-state index contributed by atoms with van der Waals surface area (Å²) >= 11 is 0. The Hall–Kier alpha value is -2.60. The first kappa shape index (κ1) is 20.7. The normalized spacial score (nSPS) is 30.9. The lowest BCUT2D eigenvalue weighted by Gasteiger charge is -2.52. The van der Waals surface area contributed by atoms with Crippen LogP contribution in [0, 0.1) is 17.8 Å². The van der Waals surface area contributed by atoms with Crippen LogP contribution in [0.15, 0.2) is 42.7 Å². The van der Waals surface area contributed by atoms with E-state index in [1.165, 1.54) is 57.1 Å². The Morgan fingerprint density at radius 2 is 1.74 bits per heavy atom. The number of hydrogen-bond donors (Lipinski definition) is 2. The van der Waals surface area contributed by atoms with E-state index in [9.17, 15) is 0 Å². The molecule has 1 aliphatic heterocycles. The van der Waals surface area contributed by atoms with E-state index in [-0.39, 0.29) is 5.54 Å². The van der Waals surface area contributed by atoms with E-state index < -0.39 is 0 Å². The number of nitrogens with zero attached hydrogens (tertiary/aromatic N) is 4. The van der Waals surface area contributed by atoms with Gasteiger partial charge < -0.3 is 20.1 Å². The standard InChI is InChI=1S/C28H36N6/c1-2-20-14-21-15-22(16-21)18-28(8-1,17-20)34-11-7-23-19-30-27(32-26(23)34)31-24-3-5-25(6-4-24)33-12-9-29-10-13-33/h3-7,11,19-22,29H,1-2,8-10,12-18H2,(H,30,31,32). The zero-order chi connectivity index (χ0) is 22.5. The molecular weight excluding hydrogens is 420 g/mol. The fourth-order valence-corrected chi connectivity index (χ4v) is 7.58. The van der Waals surface area contributed by atoms with E-state index in [1.54, 1.807) is 0 Å². The molecule has 4 bridgehead atoms. The van der Waals surface area contributed by atoms with E-state index in [4.69, 9.17) is 4.98 Å². The Morgan fingerprint density at radius 1 is 0.941 bits per heavy atom. The van der Waals surface area contributed by atoms with E-state index >= 15 is 0 Å². The van der Waals surface area contributed by atoms with Gasteiger partial charge in [-0.3, -0.25) is 0 Å². The molecule has 3 aromatic rings. The topological polar surface area (TPSA) is 58.0 Å². The van der Waals surface area contributed by atoms with Crippen LogP contribution in [0.3, 0.4) is 0 Å². The molecular formula is C28H36N6. The van der Waals surface area contributed by atoms with E-state index in [1.807, 2.05) is 6.20 Å². The summed E-state index contributed by atoms with van der Waals surface area (Å²) in [5.74, 6) is 3.52. The molecule has 5 aliphatic rings. The highest BCUT2D eigenvalue weighted by molar-refractivity contribution is 5.77. The number of nitrogens with one attached hydrogen (secondary N) is 2. The summed E-state index contributed by atoms with van der Waals surface area (Å²) in [6.45, 7) is 4.23. The largest absolute Gasteiger partial charge is 0.369 e. The van der Waals surface area contributed by atoms with Gasteiger partial charge >= 0.3 is 0 Å². The second-order valence-corrected chi connectivity index (χ2v) is 11.4. The molecule has 6 heteroatoms. The number of fused-ring (bicyclic) bond motifs is 1. The Bertz CT molecular complexity index is 1150. The molecule has 2 N–H and O–H groups in total. The molecule has 1 aromatic carbocycles. The van der Waals surface area contributed by atoms with Gasteiger partial charge in [-0.05, 0) is 86.6 Å². The van der Waals surface area contributed by atoms with Gasteiger partial charge in [0.25, 0.3) is 0 Å². The van der Waals surface area contributed by atoms with Crippen molar-refractivity contribution in [1.82, 2.24) is 19.9 Å². The van der Waals surface area contributed by atoms with Crippen molar-refractivity contribution in [1.29, 1.82) is 0 Å². The van der Waals surface area contributed by atoms with Crippen LogP contribution in [0.2, 0.25) is 0 Å². The summed E-state index contributed by atoms with van der Waals surface area (Å²) in [7, 11) is 0. The molecule has 4 aliphatic carbocycles. The van der Waals surface area contributed by atoms with Crippen molar-refractivity contribution in [3.05, 3.63) is 42.7 Å². The Morgan fingerprint density at radius 3 is 2.59 bits per heavy atom. The van der Waals surface area contributed by atoms with Gasteiger partial charge in [0.2, 0.25) is 5.95 Å². The van der Waals surface area contributed by atoms with Crippen LogP contribution in [-0.2, 0) is 5.54 Å². The SMILES string of the molecule is c1cc(N2CCNCC2)ccc1Nc1ncc2ccn(C34CCCC(CC5CC(C5)C3)C4)c2n1. The quantitative estimate of drug-likeness (QED) is 0.559. The third-order valence-corrected chi connectivity index (χ3v) is 9.14. The molecule has 2 atom stereocenters. The minimum atomic E-state index is 0.247. The molecule has 4 saturated carbocycles. The van der Waals surface area contributed by atoms with Gasteiger partial charge in [0.15, 0.2) is 0 Å². The van der Waals surface area contributed by atoms with Crippen molar-refractivity contribution >= 4 is 28.4 Å². The Kier molecular flexibility index (Phi) is 5.04. The monoisotopic (exact) mass is 456 g/mol. The van der Waals surface area contributed by atoms with Gasteiger partial charge in [-0.15, -0.1) is 0 Å². The first-order chi connectivity index (χ1) is 16.7. The molecule has 5 fully saturated rings. The molecule has 0 spiro atoms. The Labute approximate surface area is 202 Å². The number of piperazine rings is 1. The maximum Gasteiger partial charge on any atom is 0.229 e. The predicted octanol–water partition coefficient (Wildman–Crippen LogP) is 5.29. The molecule has 1 saturated heterocycles. The van der Waals surface area contributed by atoms with Crippen molar-refractivity contribution in [3.63, 3.8) is 0 Å². The molecule has 6 nitrogen and oxygen atoms in total. The number of benzene rings is 1. The minimum absolute atomic E-state index is 0.247. The summed E-state index contributed by atoms with van der Waals surface area (Å²) < 4.78 is 2.56. The van der Waals surface area contributed by atoms with Crippen LogP contribution in [-0.4, -0.2) is 40.7 Å². The highest BCUT2D eigenvalue weighted by Gasteiger charge is 2.46. The van der Waals surface area contributed by atoms with Gasteiger partial charge in [0, 0.05) is 60.9 Å².